The van der Waals surface area contributed by atoms with E-state index < -0.39 is 7.60 Å². The van der Waals surface area contributed by atoms with E-state index in [4.69, 9.17) is 4.52 Å². The summed E-state index contributed by atoms with van der Waals surface area (Å²) in [5.41, 5.74) is 0. The monoisotopic (exact) mass is 488 g/mol. The van der Waals surface area contributed by atoms with Crippen LogP contribution in [-0.2, 0) is 9.09 Å². The van der Waals surface area contributed by atoms with E-state index in [0.29, 0.717) is 17.5 Å². The number of hydrogen-bond donors (Lipinski definition) is 1. The van der Waals surface area contributed by atoms with Crippen molar-refractivity contribution in [3.05, 3.63) is 12.2 Å². The van der Waals surface area contributed by atoms with Crippen LogP contribution < -0.4 is 0 Å². The Morgan fingerprint density at radius 1 is 0.727 bits per heavy atom. The number of unbranched alkanes of at least 4 members (excludes halogenated alkanes) is 17. The molecule has 198 valence electrons. The zero-order valence-electron chi connectivity index (χ0n) is 23.0. The smallest absolute Gasteiger partial charge is 0.320 e. The Morgan fingerprint density at radius 2 is 1.09 bits per heavy atom. The Hall–Kier alpha value is -0.150. The fraction of sp³-hybridized carbons (Fsp3) is 0.929. The van der Waals surface area contributed by atoms with Crippen molar-refractivity contribution in [2.45, 2.75) is 142 Å². The van der Waals surface area contributed by atoms with E-state index in [9.17, 15) is 9.46 Å². The minimum atomic E-state index is -3.55. The normalized spacial score (nSPS) is 15.2. The lowest BCUT2D eigenvalue weighted by molar-refractivity contribution is -0.883. The molecule has 0 amide bonds. The van der Waals surface area contributed by atoms with Crippen molar-refractivity contribution in [3.63, 3.8) is 0 Å². The molecule has 5 heteroatoms. The fourth-order valence-electron chi connectivity index (χ4n) is 4.68. The molecule has 0 fully saturated rings. The van der Waals surface area contributed by atoms with Crippen molar-refractivity contribution in [3.8, 4) is 0 Å². The number of hydrogen-bond acceptors (Lipinski definition) is 2. The molecule has 2 unspecified atom stereocenters. The quantitative estimate of drug-likeness (QED) is 0.0637. The highest BCUT2D eigenvalue weighted by molar-refractivity contribution is 7.53. The predicted octanol–water partition coefficient (Wildman–Crippen LogP) is 9.23. The molecule has 0 saturated carbocycles. The van der Waals surface area contributed by atoms with E-state index in [1.54, 1.807) is 0 Å². The number of nitrogens with zero attached hydrogens (tertiary/aromatic N) is 1. The molecule has 0 heterocycles. The standard InChI is InChI=1S/C28H58NO3P/c1-6-8-9-10-11-12-13-14-15-16-17-18-19-20-21-22-23-24-25-26-27-32-33(30,31)28(7-2)29(3,4)5/h6,8,28H,7,9-27H2,1-5H3/p+1. The van der Waals surface area contributed by atoms with Gasteiger partial charge in [0.25, 0.3) is 0 Å². The van der Waals surface area contributed by atoms with E-state index in [2.05, 4.69) is 19.1 Å². The third-order valence-electron chi connectivity index (χ3n) is 6.66. The lowest BCUT2D eigenvalue weighted by Gasteiger charge is -2.35. The van der Waals surface area contributed by atoms with Crippen LogP contribution in [-0.4, -0.2) is 42.9 Å². The first-order chi connectivity index (χ1) is 15.8. The molecular formula is C28H59NO3P+. The third kappa shape index (κ3) is 19.8. The van der Waals surface area contributed by atoms with Crippen LogP contribution in [0.15, 0.2) is 12.2 Å². The van der Waals surface area contributed by atoms with Gasteiger partial charge >= 0.3 is 7.60 Å². The van der Waals surface area contributed by atoms with Crippen LogP contribution in [0, 0.1) is 0 Å². The summed E-state index contributed by atoms with van der Waals surface area (Å²) < 4.78 is 18.4. The summed E-state index contributed by atoms with van der Waals surface area (Å²) in [6.45, 7) is 4.47. The summed E-state index contributed by atoms with van der Waals surface area (Å²) in [5, 5.41) is 0. The molecule has 0 spiro atoms. The second-order valence-corrected chi connectivity index (χ2v) is 12.8. The van der Waals surface area contributed by atoms with Gasteiger partial charge in [0, 0.05) is 6.42 Å². The highest BCUT2D eigenvalue weighted by Crippen LogP contribution is 2.51. The van der Waals surface area contributed by atoms with Gasteiger partial charge in [-0.05, 0) is 26.2 Å². The molecule has 0 aliphatic heterocycles. The van der Waals surface area contributed by atoms with Gasteiger partial charge in [-0.25, -0.2) is 0 Å². The van der Waals surface area contributed by atoms with Gasteiger partial charge in [-0.2, -0.15) is 0 Å². The summed E-state index contributed by atoms with van der Waals surface area (Å²) >= 11 is 0. The SMILES string of the molecule is CC=CCCCCCCCCCCCCCCCCCCCOP(=O)(O)C(CC)[N+](C)(C)C. The van der Waals surface area contributed by atoms with Gasteiger partial charge in [-0.3, -0.25) is 4.57 Å². The summed E-state index contributed by atoms with van der Waals surface area (Å²) in [5.74, 6) is -0.347. The molecule has 0 bridgehead atoms. The zero-order chi connectivity index (χ0) is 24.8. The van der Waals surface area contributed by atoms with Crippen LogP contribution in [0.5, 0.6) is 0 Å². The molecule has 0 aromatic heterocycles. The summed E-state index contributed by atoms with van der Waals surface area (Å²) in [7, 11) is 2.32. The fourth-order valence-corrected chi connectivity index (χ4v) is 6.58. The molecule has 2 atom stereocenters. The van der Waals surface area contributed by atoms with E-state index in [1.165, 1.54) is 103 Å². The summed E-state index contributed by atoms with van der Waals surface area (Å²) in [4.78, 5) is 10.3. The Labute approximate surface area is 207 Å². The minimum absolute atomic E-state index is 0.347. The van der Waals surface area contributed by atoms with Gasteiger partial charge in [0.1, 0.15) is 0 Å². The molecule has 1 N–H and O–H groups in total. The van der Waals surface area contributed by atoms with Crippen molar-refractivity contribution in [1.82, 2.24) is 0 Å². The molecule has 0 aliphatic rings. The highest BCUT2D eigenvalue weighted by Gasteiger charge is 2.41. The molecule has 33 heavy (non-hydrogen) atoms. The largest absolute Gasteiger partial charge is 0.385 e. The molecule has 0 saturated heterocycles. The Balaban J connectivity index is 3.37. The molecule has 0 aromatic carbocycles. The number of quaternary nitrogens is 1. The Bertz CT molecular complexity index is 502. The van der Waals surface area contributed by atoms with Gasteiger partial charge < -0.3 is 13.9 Å². The second kappa shape index (κ2) is 21.2. The molecule has 4 nitrogen and oxygen atoms in total. The highest BCUT2D eigenvalue weighted by atomic mass is 31.2. The van der Waals surface area contributed by atoms with E-state index in [1.807, 2.05) is 28.1 Å². The van der Waals surface area contributed by atoms with Gasteiger partial charge in [0.2, 0.25) is 0 Å². The van der Waals surface area contributed by atoms with E-state index in [-0.39, 0.29) is 5.78 Å². The maximum absolute atomic E-state index is 12.5. The van der Waals surface area contributed by atoms with Crippen LogP contribution in [0.3, 0.4) is 0 Å². The van der Waals surface area contributed by atoms with Crippen molar-refractivity contribution < 1.29 is 18.5 Å². The van der Waals surface area contributed by atoms with Gasteiger partial charge in [-0.15, -0.1) is 0 Å². The molecule has 0 radical (unpaired) electrons. The van der Waals surface area contributed by atoms with E-state index in [0.717, 1.165) is 12.8 Å². The second-order valence-electron chi connectivity index (χ2n) is 10.8. The van der Waals surface area contributed by atoms with Crippen molar-refractivity contribution in [2.75, 3.05) is 27.7 Å². The molecule has 0 rings (SSSR count). The maximum Gasteiger partial charge on any atom is 0.385 e. The Kier molecular flexibility index (Phi) is 21.1. The van der Waals surface area contributed by atoms with Crippen molar-refractivity contribution in [1.29, 1.82) is 0 Å². The first-order valence-corrected chi connectivity index (χ1v) is 15.8. The lowest BCUT2D eigenvalue weighted by Crippen LogP contribution is -2.44. The van der Waals surface area contributed by atoms with Crippen molar-refractivity contribution in [2.24, 2.45) is 0 Å². The van der Waals surface area contributed by atoms with E-state index >= 15 is 0 Å². The van der Waals surface area contributed by atoms with Crippen LogP contribution in [0.2, 0.25) is 0 Å². The van der Waals surface area contributed by atoms with Crippen LogP contribution in [0.25, 0.3) is 0 Å². The summed E-state index contributed by atoms with van der Waals surface area (Å²) in [6, 6.07) is 0. The number of rotatable bonds is 24. The first-order valence-electron chi connectivity index (χ1n) is 14.1. The predicted molar refractivity (Wildman–Crippen MR) is 146 cm³/mol. The Morgan fingerprint density at radius 3 is 1.42 bits per heavy atom. The molecule has 0 aromatic rings. The number of allylic oxidation sites excluding steroid dienone is 2. The van der Waals surface area contributed by atoms with Crippen molar-refractivity contribution >= 4 is 7.60 Å². The summed E-state index contributed by atoms with van der Waals surface area (Å²) in [6.07, 6.45) is 29.0. The average molecular weight is 489 g/mol. The van der Waals surface area contributed by atoms with Crippen LogP contribution in [0.1, 0.15) is 136 Å². The lowest BCUT2D eigenvalue weighted by atomic mass is 10.0. The van der Waals surface area contributed by atoms with Gasteiger partial charge in [-0.1, -0.05) is 115 Å². The zero-order valence-corrected chi connectivity index (χ0v) is 23.9. The van der Waals surface area contributed by atoms with Crippen LogP contribution >= 0.6 is 7.60 Å². The molecular weight excluding hydrogens is 429 g/mol. The third-order valence-corrected chi connectivity index (χ3v) is 9.03. The minimum Gasteiger partial charge on any atom is -0.320 e. The van der Waals surface area contributed by atoms with Crippen LogP contribution in [0.4, 0.5) is 0 Å². The van der Waals surface area contributed by atoms with Gasteiger partial charge in [0.05, 0.1) is 27.7 Å². The topological polar surface area (TPSA) is 46.5 Å². The average Bonchev–Trinajstić information content (AvgIpc) is 2.74. The maximum atomic E-state index is 12.5. The van der Waals surface area contributed by atoms with Gasteiger partial charge in [0.15, 0.2) is 5.78 Å². The molecule has 0 aliphatic carbocycles. The first kappa shape index (κ1) is 32.8.